The fraction of sp³-hybridized carbons (Fsp3) is 1.00. The number of rotatable bonds is 7. The normalized spacial score (nSPS) is 52.5. The van der Waals surface area contributed by atoms with Crippen LogP contribution in [0.3, 0.4) is 0 Å². The van der Waals surface area contributed by atoms with Crippen molar-refractivity contribution in [3.8, 4) is 0 Å². The van der Waals surface area contributed by atoms with Gasteiger partial charge in [0.2, 0.25) is 0 Å². The van der Waals surface area contributed by atoms with Gasteiger partial charge >= 0.3 is 0 Å². The van der Waals surface area contributed by atoms with Gasteiger partial charge in [0, 0.05) is 0 Å². The second kappa shape index (κ2) is 11.6. The summed E-state index contributed by atoms with van der Waals surface area (Å²) in [6.45, 7) is -2.31. The van der Waals surface area contributed by atoms with Crippen molar-refractivity contribution in [2.45, 2.75) is 92.1 Å². The molecule has 0 aromatic rings. The Morgan fingerprint density at radius 3 is 1.47 bits per heavy atom. The molecule has 3 saturated heterocycles. The minimum absolute atomic E-state index is 0.740. The van der Waals surface area contributed by atoms with E-state index in [1.165, 1.54) is 0 Å². The van der Waals surface area contributed by atoms with Crippen LogP contribution in [0.2, 0.25) is 0 Å². The summed E-state index contributed by atoms with van der Waals surface area (Å²) in [4.78, 5) is 0. The van der Waals surface area contributed by atoms with E-state index in [-0.39, 0.29) is 0 Å². The van der Waals surface area contributed by atoms with Crippen LogP contribution in [0.5, 0.6) is 0 Å². The molecule has 200 valence electrons. The van der Waals surface area contributed by atoms with E-state index in [9.17, 15) is 56.2 Å². The van der Waals surface area contributed by atoms with Crippen LogP contribution in [0.1, 0.15) is 0 Å². The van der Waals surface area contributed by atoms with Crippen molar-refractivity contribution in [2.75, 3.05) is 19.8 Å². The van der Waals surface area contributed by atoms with Crippen LogP contribution in [0.25, 0.3) is 0 Å². The zero-order valence-electron chi connectivity index (χ0n) is 17.7. The summed E-state index contributed by atoms with van der Waals surface area (Å²) in [6, 6.07) is 0. The topological polar surface area (TPSA) is 269 Å². The molecule has 0 unspecified atom stereocenters. The van der Waals surface area contributed by atoms with Crippen molar-refractivity contribution in [3.05, 3.63) is 0 Å². The molecule has 0 aromatic heterocycles. The molecule has 3 aliphatic heterocycles. The molecule has 11 N–H and O–H groups in total. The molecule has 3 fully saturated rings. The SMILES string of the molecule is OC[C@@H]1O[C@H](O[C@@H]2[C@@H](O)[C@H](O)[C@@H](O[C@@H]3[C@@H](O)[C@H](CO)O[C@H](O)[C@H]3O)O[C@H]2CO)[C@@H](O)[C@H](O)[C@H]1O. The van der Waals surface area contributed by atoms with Crippen LogP contribution in [-0.4, -0.2) is 168 Å². The quantitative estimate of drug-likeness (QED) is 0.154. The minimum Gasteiger partial charge on any atom is -0.394 e. The molecule has 34 heavy (non-hydrogen) atoms. The predicted octanol–water partition coefficient (Wildman–Crippen LogP) is -7.57. The first kappa shape index (κ1) is 27.9. The molecule has 15 atom stereocenters. The first-order chi connectivity index (χ1) is 16.0. The number of hydrogen-bond donors (Lipinski definition) is 11. The molecule has 0 aliphatic carbocycles. The molecular weight excluding hydrogens is 472 g/mol. The molecular formula is C18H32O16. The van der Waals surface area contributed by atoms with Crippen molar-refractivity contribution in [1.82, 2.24) is 0 Å². The Labute approximate surface area is 192 Å². The van der Waals surface area contributed by atoms with Gasteiger partial charge in [0.1, 0.15) is 73.2 Å². The van der Waals surface area contributed by atoms with Crippen LogP contribution in [-0.2, 0) is 23.7 Å². The van der Waals surface area contributed by atoms with Crippen LogP contribution >= 0.6 is 0 Å². The lowest BCUT2D eigenvalue weighted by Crippen LogP contribution is -2.66. The van der Waals surface area contributed by atoms with Gasteiger partial charge in [-0.25, -0.2) is 0 Å². The third-order valence-corrected chi connectivity index (χ3v) is 6.09. The molecule has 16 nitrogen and oxygen atoms in total. The van der Waals surface area contributed by atoms with Crippen LogP contribution in [0.15, 0.2) is 0 Å². The van der Waals surface area contributed by atoms with Gasteiger partial charge in [-0.3, -0.25) is 0 Å². The highest BCUT2D eigenvalue weighted by Crippen LogP contribution is 2.32. The van der Waals surface area contributed by atoms with E-state index in [4.69, 9.17) is 23.7 Å². The van der Waals surface area contributed by atoms with Crippen molar-refractivity contribution in [2.24, 2.45) is 0 Å². The van der Waals surface area contributed by atoms with Gasteiger partial charge in [0.25, 0.3) is 0 Å². The van der Waals surface area contributed by atoms with Gasteiger partial charge in [-0.1, -0.05) is 0 Å². The molecule has 0 bridgehead atoms. The molecule has 0 spiro atoms. The summed E-state index contributed by atoms with van der Waals surface area (Å²) >= 11 is 0. The molecule has 3 rings (SSSR count). The highest BCUT2D eigenvalue weighted by atomic mass is 16.7. The summed E-state index contributed by atoms with van der Waals surface area (Å²) in [5, 5.41) is 109. The summed E-state index contributed by atoms with van der Waals surface area (Å²) in [7, 11) is 0. The van der Waals surface area contributed by atoms with Gasteiger partial charge in [0.15, 0.2) is 18.9 Å². The maximum absolute atomic E-state index is 10.6. The van der Waals surface area contributed by atoms with Gasteiger partial charge in [-0.2, -0.15) is 0 Å². The summed E-state index contributed by atoms with van der Waals surface area (Å²) in [5.41, 5.74) is 0. The third kappa shape index (κ3) is 5.37. The van der Waals surface area contributed by atoms with Crippen LogP contribution in [0, 0.1) is 0 Å². The van der Waals surface area contributed by atoms with Gasteiger partial charge in [-0.15, -0.1) is 0 Å². The molecule has 0 amide bonds. The molecule has 3 aliphatic rings. The molecule has 3 heterocycles. The Hall–Kier alpha value is -0.640. The van der Waals surface area contributed by atoms with Crippen molar-refractivity contribution >= 4 is 0 Å². The van der Waals surface area contributed by atoms with Crippen molar-refractivity contribution in [1.29, 1.82) is 0 Å². The number of hydrogen-bond acceptors (Lipinski definition) is 16. The molecule has 0 radical (unpaired) electrons. The monoisotopic (exact) mass is 504 g/mol. The van der Waals surface area contributed by atoms with Gasteiger partial charge < -0.3 is 79.9 Å². The second-order valence-electron chi connectivity index (χ2n) is 8.33. The average molecular weight is 504 g/mol. The van der Waals surface area contributed by atoms with E-state index < -0.39 is 112 Å². The predicted molar refractivity (Wildman–Crippen MR) is 101 cm³/mol. The summed E-state index contributed by atoms with van der Waals surface area (Å²) in [6.07, 6.45) is -25.3. The Bertz CT molecular complexity index is 637. The van der Waals surface area contributed by atoms with Crippen LogP contribution in [0.4, 0.5) is 0 Å². The summed E-state index contributed by atoms with van der Waals surface area (Å²) < 4.78 is 26.2. The standard InChI is InChI=1S/C18H32O16/c19-1-4-7(22)9(24)11(26)17(31-4)33-14-6(3-21)32-18(12(27)10(14)25)34-15-8(23)5(2-20)30-16(29)13(15)28/h4-29H,1-3H2/t4-,5-,6-,7-,8-,9+,10-,11-,12-,13-,14-,15+,16-,17+,18+/m0/s1. The van der Waals surface area contributed by atoms with Crippen molar-refractivity contribution in [3.63, 3.8) is 0 Å². The van der Waals surface area contributed by atoms with E-state index >= 15 is 0 Å². The fourth-order valence-electron chi connectivity index (χ4n) is 4.05. The van der Waals surface area contributed by atoms with Crippen molar-refractivity contribution < 1.29 is 79.9 Å². The van der Waals surface area contributed by atoms with E-state index in [2.05, 4.69) is 0 Å². The zero-order chi connectivity index (χ0) is 25.3. The number of aliphatic hydroxyl groups is 11. The van der Waals surface area contributed by atoms with Gasteiger partial charge in [0.05, 0.1) is 19.8 Å². The third-order valence-electron chi connectivity index (χ3n) is 6.09. The minimum atomic E-state index is -1.93. The highest BCUT2D eigenvalue weighted by Gasteiger charge is 2.53. The zero-order valence-corrected chi connectivity index (χ0v) is 17.7. The summed E-state index contributed by atoms with van der Waals surface area (Å²) in [5.74, 6) is 0. The first-order valence-electron chi connectivity index (χ1n) is 10.6. The molecule has 16 heteroatoms. The van der Waals surface area contributed by atoms with E-state index in [0.29, 0.717) is 0 Å². The molecule has 0 aromatic carbocycles. The second-order valence-corrected chi connectivity index (χ2v) is 8.33. The lowest BCUT2D eigenvalue weighted by Gasteiger charge is -2.47. The smallest absolute Gasteiger partial charge is 0.187 e. The Morgan fingerprint density at radius 1 is 0.441 bits per heavy atom. The highest BCUT2D eigenvalue weighted by molar-refractivity contribution is 4.96. The first-order valence-corrected chi connectivity index (χ1v) is 10.6. The maximum atomic E-state index is 10.6. The van der Waals surface area contributed by atoms with E-state index in [1.54, 1.807) is 0 Å². The number of aliphatic hydroxyl groups excluding tert-OH is 11. The fourth-order valence-corrected chi connectivity index (χ4v) is 4.05. The Morgan fingerprint density at radius 2 is 0.912 bits per heavy atom. The Kier molecular flexibility index (Phi) is 9.54. The number of ether oxygens (including phenoxy) is 5. The lowest BCUT2D eigenvalue weighted by atomic mass is 9.96. The maximum Gasteiger partial charge on any atom is 0.187 e. The van der Waals surface area contributed by atoms with Gasteiger partial charge in [-0.05, 0) is 0 Å². The van der Waals surface area contributed by atoms with E-state index in [0.717, 1.165) is 0 Å². The van der Waals surface area contributed by atoms with E-state index in [1.807, 2.05) is 0 Å². The average Bonchev–Trinajstić information content (AvgIpc) is 2.83. The molecule has 0 saturated carbocycles. The lowest BCUT2D eigenvalue weighted by molar-refractivity contribution is -0.378. The Balaban J connectivity index is 1.72. The van der Waals surface area contributed by atoms with Crippen LogP contribution < -0.4 is 0 Å². The largest absolute Gasteiger partial charge is 0.394 e.